The molecule has 2 fully saturated rings. The highest BCUT2D eigenvalue weighted by molar-refractivity contribution is 7.91. The number of pyridine rings is 1. The molecule has 3 aromatic heterocycles. The van der Waals surface area contributed by atoms with Crippen LogP contribution >= 0.6 is 34.3 Å². The molecule has 0 spiro atoms. The lowest BCUT2D eigenvalue weighted by Gasteiger charge is -2.34. The van der Waals surface area contributed by atoms with Gasteiger partial charge in [-0.25, -0.2) is 8.42 Å². The Morgan fingerprint density at radius 3 is 2.53 bits per heavy atom. The van der Waals surface area contributed by atoms with Gasteiger partial charge in [0.05, 0.1) is 16.4 Å². The second-order valence-electron chi connectivity index (χ2n) is 11.0. The van der Waals surface area contributed by atoms with Gasteiger partial charge in [0.1, 0.15) is 10.3 Å². The fourth-order valence-electron chi connectivity index (χ4n) is 5.82. The number of carbonyl (C=O) groups excluding carboxylic acids is 3. The van der Waals surface area contributed by atoms with Crippen molar-refractivity contribution in [2.24, 2.45) is 0 Å². The molecule has 3 amide bonds. The summed E-state index contributed by atoms with van der Waals surface area (Å²) in [5.41, 5.74) is 0.433. The van der Waals surface area contributed by atoms with E-state index in [9.17, 15) is 27.6 Å². The van der Waals surface area contributed by atoms with Gasteiger partial charge < -0.3 is 20.1 Å². The minimum atomic E-state index is -3.97. The van der Waals surface area contributed by atoms with E-state index in [0.717, 1.165) is 27.5 Å². The monoisotopic (exact) mass is 687 g/mol. The maximum absolute atomic E-state index is 13.4. The van der Waals surface area contributed by atoms with Crippen molar-refractivity contribution in [1.29, 1.82) is 0 Å². The zero-order valence-corrected chi connectivity index (χ0v) is 27.2. The van der Waals surface area contributed by atoms with Crippen molar-refractivity contribution in [2.75, 3.05) is 26.2 Å². The van der Waals surface area contributed by atoms with Crippen LogP contribution in [-0.2, 0) is 19.6 Å². The van der Waals surface area contributed by atoms with Gasteiger partial charge in [-0.1, -0.05) is 29.8 Å². The summed E-state index contributed by atoms with van der Waals surface area (Å²) < 4.78 is 29.6. The topological polar surface area (TPSA) is 149 Å². The number of piperidine rings is 1. The second kappa shape index (κ2) is 13.0. The van der Waals surface area contributed by atoms with Crippen LogP contribution < -0.4 is 15.6 Å². The summed E-state index contributed by atoms with van der Waals surface area (Å²) in [7, 11) is -3.97. The van der Waals surface area contributed by atoms with E-state index in [1.165, 1.54) is 28.4 Å². The number of aromatic nitrogens is 1. The predicted octanol–water partition coefficient (Wildman–Crippen LogP) is 3.66. The van der Waals surface area contributed by atoms with Crippen LogP contribution in [0.15, 0.2) is 63.6 Å². The summed E-state index contributed by atoms with van der Waals surface area (Å²) in [5.74, 6) is -1.11. The molecule has 5 heterocycles. The normalized spacial score (nSPS) is 18.9. The fourth-order valence-corrected chi connectivity index (χ4v) is 9.50. The number of rotatable bonds is 9. The Bertz CT molecular complexity index is 1940. The van der Waals surface area contributed by atoms with E-state index in [1.54, 1.807) is 41.3 Å². The Labute approximate surface area is 272 Å². The minimum Gasteiger partial charge on any atom is -0.350 e. The van der Waals surface area contributed by atoms with Gasteiger partial charge in [0, 0.05) is 52.4 Å². The predicted molar refractivity (Wildman–Crippen MR) is 174 cm³/mol. The van der Waals surface area contributed by atoms with Gasteiger partial charge in [0.25, 0.3) is 15.9 Å². The standard InChI is InChI=1S/C30H30ClN5O6S3/c31-25-11-9-23(43-25)24-10-12-28(44-24)45(41,42)34-22-8-4-13-35(30(22)40)17-27(38)36-14-3-5-18(36)16-32-29(39)20-15-26(37)33-21-7-2-1-6-19(20)21/h1-2,6-7,9-12,15,18,22,34H,3-5,8,13-14,16-17H2,(H,32,39)(H,33,37). The smallest absolute Gasteiger partial charge is 0.252 e. The number of thiophene rings is 2. The first kappa shape index (κ1) is 31.4. The molecule has 0 bridgehead atoms. The summed E-state index contributed by atoms with van der Waals surface area (Å²) in [6.45, 7) is 0.850. The number of amides is 3. The fraction of sp³-hybridized carbons (Fsp3) is 0.333. The Morgan fingerprint density at radius 2 is 1.73 bits per heavy atom. The number of carbonyl (C=O) groups is 3. The summed E-state index contributed by atoms with van der Waals surface area (Å²) in [6, 6.07) is 13.9. The minimum absolute atomic E-state index is 0.0954. The lowest BCUT2D eigenvalue weighted by Crippen LogP contribution is -2.55. The third kappa shape index (κ3) is 6.84. The van der Waals surface area contributed by atoms with E-state index in [2.05, 4.69) is 15.0 Å². The van der Waals surface area contributed by atoms with E-state index < -0.39 is 27.9 Å². The van der Waals surface area contributed by atoms with Crippen LogP contribution in [0.25, 0.3) is 20.7 Å². The molecule has 0 radical (unpaired) electrons. The van der Waals surface area contributed by atoms with Gasteiger partial charge >= 0.3 is 0 Å². The molecule has 2 unspecified atom stereocenters. The molecule has 2 saturated heterocycles. The van der Waals surface area contributed by atoms with E-state index in [0.29, 0.717) is 47.6 Å². The summed E-state index contributed by atoms with van der Waals surface area (Å²) >= 11 is 8.47. The third-order valence-electron chi connectivity index (χ3n) is 8.01. The third-order valence-corrected chi connectivity index (χ3v) is 12.5. The number of likely N-dealkylation sites (tertiary alicyclic amines) is 2. The molecule has 11 nitrogen and oxygen atoms in total. The molecular weight excluding hydrogens is 658 g/mol. The molecule has 15 heteroatoms. The van der Waals surface area contributed by atoms with Crippen LogP contribution in [0.5, 0.6) is 0 Å². The first-order valence-electron chi connectivity index (χ1n) is 14.5. The number of nitrogens with zero attached hydrogens (tertiary/aromatic N) is 2. The maximum Gasteiger partial charge on any atom is 0.252 e. The number of aromatic amines is 1. The quantitative estimate of drug-likeness (QED) is 0.245. The molecule has 236 valence electrons. The number of hydrogen-bond donors (Lipinski definition) is 3. The highest BCUT2D eigenvalue weighted by Crippen LogP contribution is 2.37. The molecule has 2 aliphatic heterocycles. The molecule has 1 aromatic carbocycles. The largest absolute Gasteiger partial charge is 0.350 e. The SMILES string of the molecule is O=C(NCC1CCCN1C(=O)CN1CCCC(NS(=O)(=O)c2ccc(-c3ccc(Cl)s3)s2)C1=O)c1cc(=O)[nH]c2ccccc12. The summed E-state index contributed by atoms with van der Waals surface area (Å²) in [6.07, 6.45) is 2.30. The molecule has 6 rings (SSSR count). The molecule has 45 heavy (non-hydrogen) atoms. The molecule has 0 saturated carbocycles. The number of sulfonamides is 1. The number of H-pyrrole nitrogens is 1. The van der Waals surface area contributed by atoms with Crippen molar-refractivity contribution < 1.29 is 22.8 Å². The summed E-state index contributed by atoms with van der Waals surface area (Å²) in [5, 5.41) is 3.49. The Morgan fingerprint density at radius 1 is 0.978 bits per heavy atom. The first-order valence-corrected chi connectivity index (χ1v) is 17.9. The van der Waals surface area contributed by atoms with Crippen molar-refractivity contribution in [3.05, 3.63) is 74.9 Å². The van der Waals surface area contributed by atoms with E-state index >= 15 is 0 Å². The molecule has 0 aliphatic carbocycles. The van der Waals surface area contributed by atoms with Crippen LogP contribution in [0.1, 0.15) is 36.0 Å². The van der Waals surface area contributed by atoms with Crippen molar-refractivity contribution in [1.82, 2.24) is 24.8 Å². The second-order valence-corrected chi connectivity index (χ2v) is 15.7. The van der Waals surface area contributed by atoms with Crippen LogP contribution in [0, 0.1) is 0 Å². The zero-order chi connectivity index (χ0) is 31.7. The van der Waals surface area contributed by atoms with Gasteiger partial charge in [-0.2, -0.15) is 4.72 Å². The number of hydrogen-bond acceptors (Lipinski definition) is 8. The van der Waals surface area contributed by atoms with Gasteiger partial charge in [-0.15, -0.1) is 22.7 Å². The highest BCUT2D eigenvalue weighted by atomic mass is 35.5. The molecule has 3 N–H and O–H groups in total. The van der Waals surface area contributed by atoms with Crippen molar-refractivity contribution >= 4 is 72.9 Å². The van der Waals surface area contributed by atoms with Crippen molar-refractivity contribution in [3.63, 3.8) is 0 Å². The number of benzene rings is 1. The van der Waals surface area contributed by atoms with Crippen LogP contribution in [-0.4, -0.2) is 79.2 Å². The molecule has 2 atom stereocenters. The number of nitrogens with one attached hydrogen (secondary N) is 3. The first-order chi connectivity index (χ1) is 21.6. The Balaban J connectivity index is 1.06. The molecule has 4 aromatic rings. The highest BCUT2D eigenvalue weighted by Gasteiger charge is 2.36. The number of para-hydroxylation sites is 1. The molecular formula is C30H30ClN5O6S3. The van der Waals surface area contributed by atoms with Crippen LogP contribution in [0.4, 0.5) is 0 Å². The Hall–Kier alpha value is -3.56. The van der Waals surface area contributed by atoms with E-state index in [1.807, 2.05) is 6.07 Å². The maximum atomic E-state index is 13.4. The number of fused-ring (bicyclic) bond motifs is 1. The van der Waals surface area contributed by atoms with Crippen molar-refractivity contribution in [2.45, 2.75) is 42.0 Å². The Kier molecular flexibility index (Phi) is 9.11. The number of halogens is 1. The van der Waals surface area contributed by atoms with Crippen LogP contribution in [0.2, 0.25) is 4.34 Å². The van der Waals surface area contributed by atoms with Crippen molar-refractivity contribution in [3.8, 4) is 9.75 Å². The van der Waals surface area contributed by atoms with Gasteiger partial charge in [-0.3, -0.25) is 19.2 Å². The lowest BCUT2D eigenvalue weighted by atomic mass is 10.1. The van der Waals surface area contributed by atoms with E-state index in [-0.39, 0.29) is 40.4 Å². The van der Waals surface area contributed by atoms with Gasteiger partial charge in [-0.05, 0) is 56.0 Å². The lowest BCUT2D eigenvalue weighted by molar-refractivity contribution is -0.143. The van der Waals surface area contributed by atoms with Gasteiger partial charge in [0.15, 0.2) is 0 Å². The van der Waals surface area contributed by atoms with Gasteiger partial charge in [0.2, 0.25) is 17.4 Å². The average molecular weight is 688 g/mol. The average Bonchev–Trinajstić information content (AvgIpc) is 3.79. The summed E-state index contributed by atoms with van der Waals surface area (Å²) in [4.78, 5) is 59.3. The van der Waals surface area contributed by atoms with E-state index in [4.69, 9.17) is 11.6 Å². The van der Waals surface area contributed by atoms with Crippen LogP contribution in [0.3, 0.4) is 0 Å². The molecule has 2 aliphatic rings. The zero-order valence-electron chi connectivity index (χ0n) is 24.0.